The summed E-state index contributed by atoms with van der Waals surface area (Å²) in [6.07, 6.45) is 1.81. The maximum Gasteiger partial charge on any atom is 0.241 e. The number of halogens is 1. The van der Waals surface area contributed by atoms with Crippen LogP contribution in [0.4, 0.5) is 0 Å². The SMILES string of the molecule is CC(CNC(=NCc1ccccc1)NCC(=O)N(C)C)c1nccs1.I. The number of guanidine groups is 1. The van der Waals surface area contributed by atoms with Gasteiger partial charge in [0.1, 0.15) is 0 Å². The number of aromatic nitrogens is 1. The third-order valence-electron chi connectivity index (χ3n) is 3.62. The minimum Gasteiger partial charge on any atom is -0.356 e. The number of likely N-dealkylation sites (N-methyl/N-ethyl adjacent to an activating group) is 1. The predicted octanol–water partition coefficient (Wildman–Crippen LogP) is 2.69. The summed E-state index contributed by atoms with van der Waals surface area (Å²) < 4.78 is 0. The van der Waals surface area contributed by atoms with E-state index in [0.29, 0.717) is 19.0 Å². The normalized spacial score (nSPS) is 12.0. The second kappa shape index (κ2) is 11.8. The number of hydrogen-bond donors (Lipinski definition) is 2. The number of thiazole rings is 1. The molecule has 6 nitrogen and oxygen atoms in total. The fourth-order valence-corrected chi connectivity index (χ4v) is 2.76. The Morgan fingerprint density at radius 3 is 2.62 bits per heavy atom. The number of rotatable bonds is 7. The van der Waals surface area contributed by atoms with E-state index < -0.39 is 0 Å². The first kappa shape index (κ1) is 22.4. The van der Waals surface area contributed by atoms with Crippen LogP contribution >= 0.6 is 35.3 Å². The molecule has 1 amide bonds. The van der Waals surface area contributed by atoms with Crippen LogP contribution in [0.25, 0.3) is 0 Å². The minimum atomic E-state index is 0. The highest BCUT2D eigenvalue weighted by Crippen LogP contribution is 2.16. The monoisotopic (exact) mass is 487 g/mol. The number of hydrogen-bond acceptors (Lipinski definition) is 4. The summed E-state index contributed by atoms with van der Waals surface area (Å²) in [4.78, 5) is 22.3. The van der Waals surface area contributed by atoms with E-state index in [9.17, 15) is 4.79 Å². The molecule has 8 heteroatoms. The number of benzene rings is 1. The summed E-state index contributed by atoms with van der Waals surface area (Å²) in [5.41, 5.74) is 1.12. The Morgan fingerprint density at radius 2 is 2.00 bits per heavy atom. The molecule has 0 spiro atoms. The number of carbonyl (C=O) groups excluding carboxylic acids is 1. The van der Waals surface area contributed by atoms with Crippen LogP contribution in [-0.4, -0.2) is 48.9 Å². The maximum atomic E-state index is 11.8. The van der Waals surface area contributed by atoms with Gasteiger partial charge in [0.2, 0.25) is 5.91 Å². The largest absolute Gasteiger partial charge is 0.356 e. The molecular weight excluding hydrogens is 461 g/mol. The molecule has 0 saturated heterocycles. The van der Waals surface area contributed by atoms with E-state index in [1.54, 1.807) is 30.3 Å². The Hall–Kier alpha value is -1.68. The van der Waals surface area contributed by atoms with Crippen LogP contribution in [0.2, 0.25) is 0 Å². The highest BCUT2D eigenvalue weighted by molar-refractivity contribution is 14.0. The van der Waals surface area contributed by atoms with E-state index in [4.69, 9.17) is 0 Å². The van der Waals surface area contributed by atoms with Crippen molar-refractivity contribution in [3.8, 4) is 0 Å². The molecule has 0 saturated carbocycles. The van der Waals surface area contributed by atoms with Gasteiger partial charge in [0.25, 0.3) is 0 Å². The van der Waals surface area contributed by atoms with E-state index in [-0.39, 0.29) is 42.3 Å². The summed E-state index contributed by atoms with van der Waals surface area (Å²) in [5.74, 6) is 0.901. The zero-order valence-corrected chi connectivity index (χ0v) is 18.5. The van der Waals surface area contributed by atoms with Gasteiger partial charge in [-0.3, -0.25) is 4.79 Å². The predicted molar refractivity (Wildman–Crippen MR) is 118 cm³/mol. The van der Waals surface area contributed by atoms with Crippen LogP contribution in [0.5, 0.6) is 0 Å². The Kier molecular flexibility index (Phi) is 10.2. The van der Waals surface area contributed by atoms with Gasteiger partial charge in [0.15, 0.2) is 5.96 Å². The number of carbonyl (C=O) groups is 1. The van der Waals surface area contributed by atoms with Crippen molar-refractivity contribution in [2.45, 2.75) is 19.4 Å². The van der Waals surface area contributed by atoms with Crippen LogP contribution in [0.15, 0.2) is 46.9 Å². The van der Waals surface area contributed by atoms with Crippen LogP contribution in [0.1, 0.15) is 23.4 Å². The molecule has 2 aromatic rings. The summed E-state index contributed by atoms with van der Waals surface area (Å²) in [7, 11) is 3.48. The van der Waals surface area contributed by atoms with Crippen LogP contribution < -0.4 is 10.6 Å². The van der Waals surface area contributed by atoms with E-state index in [2.05, 4.69) is 27.5 Å². The van der Waals surface area contributed by atoms with Gasteiger partial charge in [-0.15, -0.1) is 35.3 Å². The molecule has 0 fully saturated rings. The molecule has 2 rings (SSSR count). The summed E-state index contributed by atoms with van der Waals surface area (Å²) >= 11 is 1.64. The molecule has 0 aliphatic carbocycles. The lowest BCUT2D eigenvalue weighted by molar-refractivity contribution is -0.127. The van der Waals surface area contributed by atoms with Crippen molar-refractivity contribution < 1.29 is 4.79 Å². The molecule has 2 N–H and O–H groups in total. The number of nitrogens with one attached hydrogen (secondary N) is 2. The molecule has 0 aliphatic rings. The first-order valence-electron chi connectivity index (χ1n) is 8.22. The lowest BCUT2D eigenvalue weighted by atomic mass is 10.2. The van der Waals surface area contributed by atoms with Gasteiger partial charge in [-0.05, 0) is 5.56 Å². The van der Waals surface area contributed by atoms with Crippen LogP contribution in [-0.2, 0) is 11.3 Å². The Bertz CT molecular complexity index is 676. The van der Waals surface area contributed by atoms with Gasteiger partial charge in [0, 0.05) is 38.1 Å². The second-order valence-electron chi connectivity index (χ2n) is 5.94. The summed E-state index contributed by atoms with van der Waals surface area (Å²) in [6, 6.07) is 10.0. The van der Waals surface area contributed by atoms with Crippen LogP contribution in [0.3, 0.4) is 0 Å². The van der Waals surface area contributed by atoms with Gasteiger partial charge < -0.3 is 15.5 Å². The van der Waals surface area contributed by atoms with Crippen molar-refractivity contribution in [3.63, 3.8) is 0 Å². The number of nitrogens with zero attached hydrogens (tertiary/aromatic N) is 3. The lowest BCUT2D eigenvalue weighted by Crippen LogP contribution is -2.43. The first-order chi connectivity index (χ1) is 12.1. The smallest absolute Gasteiger partial charge is 0.241 e. The van der Waals surface area contributed by atoms with Gasteiger partial charge >= 0.3 is 0 Å². The van der Waals surface area contributed by atoms with E-state index >= 15 is 0 Å². The standard InChI is InChI=1S/C18H25N5OS.HI/c1-14(17-19-9-10-25-17)11-20-18(22-13-16(24)23(2)3)21-12-15-7-5-4-6-8-15;/h4-10,14H,11-13H2,1-3H3,(H2,20,21,22);1H. The van der Waals surface area contributed by atoms with E-state index in [0.717, 1.165) is 10.6 Å². The topological polar surface area (TPSA) is 69.6 Å². The van der Waals surface area contributed by atoms with Crippen molar-refractivity contribution in [1.29, 1.82) is 0 Å². The molecule has 1 aromatic carbocycles. The van der Waals surface area contributed by atoms with Crippen molar-refractivity contribution in [1.82, 2.24) is 20.5 Å². The van der Waals surface area contributed by atoms with Crippen LogP contribution in [0, 0.1) is 0 Å². The van der Waals surface area contributed by atoms with Gasteiger partial charge in [-0.1, -0.05) is 37.3 Å². The number of aliphatic imine (C=N–C) groups is 1. The molecule has 142 valence electrons. The van der Waals surface area contributed by atoms with Crippen molar-refractivity contribution in [3.05, 3.63) is 52.5 Å². The third kappa shape index (κ3) is 7.69. The zero-order valence-electron chi connectivity index (χ0n) is 15.3. The summed E-state index contributed by atoms with van der Waals surface area (Å²) in [6.45, 7) is 3.58. The minimum absolute atomic E-state index is 0. The highest BCUT2D eigenvalue weighted by atomic mass is 127. The van der Waals surface area contributed by atoms with Gasteiger partial charge in [-0.2, -0.15) is 0 Å². The fourth-order valence-electron chi connectivity index (χ4n) is 2.06. The van der Waals surface area contributed by atoms with E-state index in [1.807, 2.05) is 41.9 Å². The van der Waals surface area contributed by atoms with Crippen molar-refractivity contribution >= 4 is 47.2 Å². The Labute approximate surface area is 176 Å². The van der Waals surface area contributed by atoms with E-state index in [1.165, 1.54) is 0 Å². The molecule has 1 aromatic heterocycles. The molecule has 1 unspecified atom stereocenters. The maximum absolute atomic E-state index is 11.8. The third-order valence-corrected chi connectivity index (χ3v) is 4.62. The Balaban J connectivity index is 0.00000338. The molecule has 0 aliphatic heterocycles. The molecule has 1 heterocycles. The molecule has 26 heavy (non-hydrogen) atoms. The Morgan fingerprint density at radius 1 is 1.27 bits per heavy atom. The highest BCUT2D eigenvalue weighted by Gasteiger charge is 2.10. The number of amides is 1. The average molecular weight is 487 g/mol. The fraction of sp³-hybridized carbons (Fsp3) is 0.389. The van der Waals surface area contributed by atoms with Crippen molar-refractivity contribution in [2.24, 2.45) is 4.99 Å². The molecule has 0 bridgehead atoms. The average Bonchev–Trinajstić information content (AvgIpc) is 3.16. The molecule has 0 radical (unpaired) electrons. The lowest BCUT2D eigenvalue weighted by Gasteiger charge is -2.16. The van der Waals surface area contributed by atoms with Gasteiger partial charge in [0.05, 0.1) is 18.1 Å². The molecule has 1 atom stereocenters. The zero-order chi connectivity index (χ0) is 18.1. The molecular formula is C18H26IN5OS. The first-order valence-corrected chi connectivity index (χ1v) is 9.10. The van der Waals surface area contributed by atoms with Crippen molar-refractivity contribution in [2.75, 3.05) is 27.2 Å². The second-order valence-corrected chi connectivity index (χ2v) is 6.87. The van der Waals surface area contributed by atoms with Gasteiger partial charge in [-0.25, -0.2) is 9.98 Å². The quantitative estimate of drug-likeness (QED) is 0.358. The summed E-state index contributed by atoms with van der Waals surface area (Å²) in [5, 5.41) is 9.47.